The van der Waals surface area contributed by atoms with Crippen molar-refractivity contribution in [2.75, 3.05) is 0 Å². The van der Waals surface area contributed by atoms with Gasteiger partial charge in [-0.25, -0.2) is 0 Å². The summed E-state index contributed by atoms with van der Waals surface area (Å²) in [6, 6.07) is 0. The molecule has 0 N–H and O–H groups in total. The summed E-state index contributed by atoms with van der Waals surface area (Å²) in [5, 5.41) is 0. The van der Waals surface area contributed by atoms with Crippen molar-refractivity contribution in [3.8, 4) is 0 Å². The topological polar surface area (TPSA) is 43.4 Å². The third-order valence-electron chi connectivity index (χ3n) is 2.31. The number of ketones is 1. The van der Waals surface area contributed by atoms with E-state index in [0.29, 0.717) is 6.42 Å². The molecule has 14 heavy (non-hydrogen) atoms. The highest BCUT2D eigenvalue weighted by Crippen LogP contribution is 2.32. The van der Waals surface area contributed by atoms with Crippen LogP contribution in [0.5, 0.6) is 0 Å². The standard InChI is InChI=1S/C11H16O3/c1-5-6-7-8(12)9(11(2,3)4)14-10(7)13/h5,7,9H,1,6H2,2-4H3/t7-,9+/m1/s1. The van der Waals surface area contributed by atoms with Crippen molar-refractivity contribution in [2.45, 2.75) is 33.3 Å². The van der Waals surface area contributed by atoms with E-state index in [4.69, 9.17) is 4.74 Å². The van der Waals surface area contributed by atoms with Gasteiger partial charge in [0.05, 0.1) is 0 Å². The van der Waals surface area contributed by atoms with E-state index in [2.05, 4.69) is 6.58 Å². The lowest BCUT2D eigenvalue weighted by molar-refractivity contribution is -0.148. The van der Waals surface area contributed by atoms with Crippen molar-refractivity contribution in [2.24, 2.45) is 11.3 Å². The van der Waals surface area contributed by atoms with Gasteiger partial charge in [-0.3, -0.25) is 9.59 Å². The van der Waals surface area contributed by atoms with Gasteiger partial charge < -0.3 is 4.74 Å². The Bertz CT molecular complexity index is 273. The molecule has 1 aliphatic rings. The molecule has 0 bridgehead atoms. The van der Waals surface area contributed by atoms with Crippen LogP contribution in [0.1, 0.15) is 27.2 Å². The van der Waals surface area contributed by atoms with Crippen LogP contribution in [0.25, 0.3) is 0 Å². The molecular weight excluding hydrogens is 180 g/mol. The minimum Gasteiger partial charge on any atom is -0.453 e. The summed E-state index contributed by atoms with van der Waals surface area (Å²) >= 11 is 0. The second kappa shape index (κ2) is 3.56. The third-order valence-corrected chi connectivity index (χ3v) is 2.31. The summed E-state index contributed by atoms with van der Waals surface area (Å²) in [5.74, 6) is -1.14. The molecule has 0 aromatic carbocycles. The maximum absolute atomic E-state index is 11.8. The smallest absolute Gasteiger partial charge is 0.317 e. The molecule has 1 rings (SSSR count). The number of Topliss-reactive ketones (excluding diaryl/α,β-unsaturated/α-hetero) is 1. The molecule has 1 aliphatic heterocycles. The maximum atomic E-state index is 11.8. The fourth-order valence-corrected chi connectivity index (χ4v) is 1.54. The van der Waals surface area contributed by atoms with Crippen LogP contribution < -0.4 is 0 Å². The van der Waals surface area contributed by atoms with Gasteiger partial charge in [0.1, 0.15) is 5.92 Å². The summed E-state index contributed by atoms with van der Waals surface area (Å²) in [6.07, 6.45) is 1.36. The summed E-state index contributed by atoms with van der Waals surface area (Å²) in [7, 11) is 0. The fraction of sp³-hybridized carbons (Fsp3) is 0.636. The van der Waals surface area contributed by atoms with Gasteiger partial charge in [-0.05, 0) is 6.42 Å². The second-order valence-corrected chi connectivity index (χ2v) is 4.66. The zero-order valence-electron chi connectivity index (χ0n) is 8.87. The Morgan fingerprint density at radius 1 is 1.43 bits per heavy atom. The van der Waals surface area contributed by atoms with E-state index in [1.165, 1.54) is 0 Å². The molecule has 3 nitrogen and oxygen atoms in total. The Morgan fingerprint density at radius 2 is 2.00 bits per heavy atom. The van der Waals surface area contributed by atoms with Crippen molar-refractivity contribution >= 4 is 11.8 Å². The molecule has 0 spiro atoms. The number of carbonyl (C=O) groups is 2. The van der Waals surface area contributed by atoms with E-state index in [-0.39, 0.29) is 11.2 Å². The molecule has 1 fully saturated rings. The molecule has 78 valence electrons. The quantitative estimate of drug-likeness (QED) is 0.383. The molecule has 0 amide bonds. The number of ether oxygens (including phenoxy) is 1. The summed E-state index contributed by atoms with van der Waals surface area (Å²) in [4.78, 5) is 23.1. The second-order valence-electron chi connectivity index (χ2n) is 4.66. The highest BCUT2D eigenvalue weighted by molar-refractivity contribution is 6.07. The van der Waals surface area contributed by atoms with Crippen LogP contribution in [0.15, 0.2) is 12.7 Å². The first-order valence-corrected chi connectivity index (χ1v) is 4.73. The third kappa shape index (κ3) is 1.86. The summed E-state index contributed by atoms with van der Waals surface area (Å²) < 4.78 is 5.07. The normalized spacial score (nSPS) is 27.6. The first-order valence-electron chi connectivity index (χ1n) is 4.73. The van der Waals surface area contributed by atoms with Crippen molar-refractivity contribution in [3.05, 3.63) is 12.7 Å². The minimum absolute atomic E-state index is 0.109. The van der Waals surface area contributed by atoms with Gasteiger partial charge in [0.25, 0.3) is 0 Å². The Morgan fingerprint density at radius 3 is 2.36 bits per heavy atom. The van der Waals surface area contributed by atoms with Crippen molar-refractivity contribution in [1.29, 1.82) is 0 Å². The lowest BCUT2D eigenvalue weighted by Gasteiger charge is -2.23. The first-order chi connectivity index (χ1) is 6.38. The van der Waals surface area contributed by atoms with Gasteiger partial charge in [-0.15, -0.1) is 6.58 Å². The number of esters is 1. The number of allylic oxidation sites excluding steroid dienone is 1. The van der Waals surface area contributed by atoms with Crippen LogP contribution >= 0.6 is 0 Å². The zero-order chi connectivity index (χ0) is 10.9. The molecule has 3 heteroatoms. The van der Waals surface area contributed by atoms with Crippen LogP contribution in [-0.2, 0) is 14.3 Å². The lowest BCUT2D eigenvalue weighted by atomic mass is 9.84. The van der Waals surface area contributed by atoms with E-state index >= 15 is 0 Å². The van der Waals surface area contributed by atoms with Gasteiger partial charge in [-0.2, -0.15) is 0 Å². The molecule has 2 atom stereocenters. The molecule has 0 saturated carbocycles. The first kappa shape index (κ1) is 11.0. The van der Waals surface area contributed by atoms with Crippen molar-refractivity contribution in [1.82, 2.24) is 0 Å². The maximum Gasteiger partial charge on any atom is 0.317 e. The van der Waals surface area contributed by atoms with Gasteiger partial charge in [0.2, 0.25) is 0 Å². The highest BCUT2D eigenvalue weighted by atomic mass is 16.6. The fourth-order valence-electron chi connectivity index (χ4n) is 1.54. The van der Waals surface area contributed by atoms with E-state index < -0.39 is 18.0 Å². The Kier molecular flexibility index (Phi) is 2.79. The molecule has 0 aromatic heterocycles. The predicted molar refractivity (Wildman–Crippen MR) is 52.6 cm³/mol. The Balaban J connectivity index is 2.84. The van der Waals surface area contributed by atoms with E-state index in [9.17, 15) is 9.59 Å². The number of cyclic esters (lactones) is 1. The molecule has 0 aromatic rings. The predicted octanol–water partition coefficient (Wildman–Crippen LogP) is 1.72. The van der Waals surface area contributed by atoms with Crippen LogP contribution in [0.3, 0.4) is 0 Å². The minimum atomic E-state index is -0.628. The van der Waals surface area contributed by atoms with Gasteiger partial charge in [0, 0.05) is 5.41 Å². The Hall–Kier alpha value is -1.12. The monoisotopic (exact) mass is 196 g/mol. The van der Waals surface area contributed by atoms with Crippen LogP contribution in [0, 0.1) is 11.3 Å². The molecule has 1 saturated heterocycles. The number of hydrogen-bond donors (Lipinski definition) is 0. The lowest BCUT2D eigenvalue weighted by Crippen LogP contribution is -2.33. The molecule has 0 unspecified atom stereocenters. The molecule has 1 heterocycles. The van der Waals surface area contributed by atoms with E-state index in [0.717, 1.165) is 0 Å². The number of rotatable bonds is 2. The average molecular weight is 196 g/mol. The molecule has 0 aliphatic carbocycles. The van der Waals surface area contributed by atoms with E-state index in [1.54, 1.807) is 6.08 Å². The number of carbonyl (C=O) groups excluding carboxylic acids is 2. The van der Waals surface area contributed by atoms with Crippen LogP contribution in [0.2, 0.25) is 0 Å². The van der Waals surface area contributed by atoms with Gasteiger partial charge >= 0.3 is 5.97 Å². The number of hydrogen-bond acceptors (Lipinski definition) is 3. The zero-order valence-corrected chi connectivity index (χ0v) is 8.87. The highest BCUT2D eigenvalue weighted by Gasteiger charge is 2.47. The molecule has 0 radical (unpaired) electrons. The Labute approximate surface area is 84.1 Å². The SMILES string of the molecule is C=CC[C@H]1C(=O)O[C@H](C(C)(C)C)C1=O. The largest absolute Gasteiger partial charge is 0.453 e. The van der Waals surface area contributed by atoms with Gasteiger partial charge in [-0.1, -0.05) is 26.8 Å². The van der Waals surface area contributed by atoms with Crippen LogP contribution in [0.4, 0.5) is 0 Å². The molecular formula is C11H16O3. The van der Waals surface area contributed by atoms with Crippen molar-refractivity contribution < 1.29 is 14.3 Å². The average Bonchev–Trinajstić information content (AvgIpc) is 2.31. The van der Waals surface area contributed by atoms with Gasteiger partial charge in [0.15, 0.2) is 11.9 Å². The summed E-state index contributed by atoms with van der Waals surface area (Å²) in [5.41, 5.74) is -0.317. The van der Waals surface area contributed by atoms with E-state index in [1.807, 2.05) is 20.8 Å². The van der Waals surface area contributed by atoms with Crippen LogP contribution in [-0.4, -0.2) is 17.9 Å². The van der Waals surface area contributed by atoms with Crippen molar-refractivity contribution in [3.63, 3.8) is 0 Å². The summed E-state index contributed by atoms with van der Waals surface area (Å²) in [6.45, 7) is 9.18.